The van der Waals surface area contributed by atoms with Crippen molar-refractivity contribution in [1.29, 1.82) is 0 Å². The monoisotopic (exact) mass is 307 g/mol. The van der Waals surface area contributed by atoms with Gasteiger partial charge in [-0.25, -0.2) is 8.78 Å². The summed E-state index contributed by atoms with van der Waals surface area (Å²) in [7, 11) is 0. The molecular weight excluding hydrogens is 300 g/mol. The lowest BCUT2D eigenvalue weighted by Crippen LogP contribution is -2.03. The summed E-state index contributed by atoms with van der Waals surface area (Å²) in [5.41, 5.74) is 6.30. The van der Waals surface area contributed by atoms with E-state index in [0.29, 0.717) is 5.69 Å². The van der Waals surface area contributed by atoms with Crippen LogP contribution in [0.3, 0.4) is 0 Å². The Kier molecular flexibility index (Phi) is 3.26. The molecule has 0 aliphatic rings. The molecule has 0 aliphatic heterocycles. The molecule has 0 fully saturated rings. The maximum atomic E-state index is 13.9. The van der Waals surface area contributed by atoms with Gasteiger partial charge in [-0.15, -0.1) is 5.10 Å². The molecule has 8 heteroatoms. The van der Waals surface area contributed by atoms with Crippen LogP contribution in [-0.2, 0) is 0 Å². The maximum absolute atomic E-state index is 13.9. The molecule has 3 rings (SSSR count). The van der Waals surface area contributed by atoms with Gasteiger partial charge in [0.25, 0.3) is 0 Å². The smallest absolute Gasteiger partial charge is 0.190 e. The van der Waals surface area contributed by atoms with Crippen LogP contribution in [0.5, 0.6) is 0 Å². The minimum absolute atomic E-state index is 0.0762. The standard InChI is InChI=1S/C13H8ClF2N5/c14-10-3-1-7(15)5-12(10)21-13(18-19-20-21)9-6-8(17)2-4-11(9)16/h1-6H,17H2. The number of rotatable bonds is 2. The molecule has 0 saturated heterocycles. The maximum Gasteiger partial charge on any atom is 0.190 e. The van der Waals surface area contributed by atoms with Crippen LogP contribution in [0.2, 0.25) is 5.02 Å². The van der Waals surface area contributed by atoms with Gasteiger partial charge in [0, 0.05) is 11.8 Å². The van der Waals surface area contributed by atoms with Gasteiger partial charge in [-0.05, 0) is 40.8 Å². The second-order valence-corrected chi connectivity index (χ2v) is 4.66. The van der Waals surface area contributed by atoms with Crippen LogP contribution < -0.4 is 5.73 Å². The number of nitrogen functional groups attached to an aromatic ring is 1. The summed E-state index contributed by atoms with van der Waals surface area (Å²) >= 11 is 6.02. The fourth-order valence-corrected chi connectivity index (χ4v) is 2.08. The fraction of sp³-hybridized carbons (Fsp3) is 0. The van der Waals surface area contributed by atoms with E-state index in [-0.39, 0.29) is 22.1 Å². The Morgan fingerprint density at radius 3 is 2.71 bits per heavy atom. The zero-order valence-corrected chi connectivity index (χ0v) is 11.2. The van der Waals surface area contributed by atoms with Crippen molar-refractivity contribution in [3.05, 3.63) is 53.1 Å². The fourth-order valence-electron chi connectivity index (χ4n) is 1.88. The Hall–Kier alpha value is -2.54. The molecule has 0 atom stereocenters. The number of aromatic nitrogens is 4. The highest BCUT2D eigenvalue weighted by Crippen LogP contribution is 2.27. The molecule has 2 N–H and O–H groups in total. The van der Waals surface area contributed by atoms with Crippen LogP contribution >= 0.6 is 11.6 Å². The van der Waals surface area contributed by atoms with Gasteiger partial charge in [0.2, 0.25) is 0 Å². The number of benzene rings is 2. The van der Waals surface area contributed by atoms with Crippen molar-refractivity contribution in [2.45, 2.75) is 0 Å². The molecule has 1 aromatic heterocycles. The van der Waals surface area contributed by atoms with Crippen LogP contribution in [0.15, 0.2) is 36.4 Å². The van der Waals surface area contributed by atoms with Crippen molar-refractivity contribution in [2.75, 3.05) is 5.73 Å². The number of hydrogen-bond donors (Lipinski definition) is 1. The largest absolute Gasteiger partial charge is 0.399 e. The first-order valence-corrected chi connectivity index (χ1v) is 6.23. The average molecular weight is 308 g/mol. The summed E-state index contributed by atoms with van der Waals surface area (Å²) in [5, 5.41) is 11.2. The Bertz CT molecular complexity index is 752. The predicted molar refractivity (Wildman–Crippen MR) is 73.9 cm³/mol. The first kappa shape index (κ1) is 13.4. The van der Waals surface area contributed by atoms with Crippen molar-refractivity contribution in [3.63, 3.8) is 0 Å². The Morgan fingerprint density at radius 1 is 1.10 bits per heavy atom. The highest BCUT2D eigenvalue weighted by atomic mass is 35.5. The van der Waals surface area contributed by atoms with Crippen LogP contribution in [0.1, 0.15) is 0 Å². The molecule has 21 heavy (non-hydrogen) atoms. The first-order valence-electron chi connectivity index (χ1n) is 5.85. The average Bonchev–Trinajstić information content (AvgIpc) is 2.93. The van der Waals surface area contributed by atoms with E-state index in [1.54, 1.807) is 0 Å². The second-order valence-electron chi connectivity index (χ2n) is 4.25. The van der Waals surface area contributed by atoms with Gasteiger partial charge in [0.05, 0.1) is 16.3 Å². The van der Waals surface area contributed by atoms with Crippen LogP contribution in [0, 0.1) is 11.6 Å². The number of tetrazole rings is 1. The van der Waals surface area contributed by atoms with E-state index in [1.165, 1.54) is 30.3 Å². The van der Waals surface area contributed by atoms with Gasteiger partial charge in [-0.1, -0.05) is 11.6 Å². The van der Waals surface area contributed by atoms with Crippen molar-refractivity contribution in [1.82, 2.24) is 20.2 Å². The third-order valence-corrected chi connectivity index (χ3v) is 3.16. The van der Waals surface area contributed by atoms with Gasteiger partial charge in [-0.3, -0.25) is 0 Å². The molecule has 0 aliphatic carbocycles. The molecule has 106 valence electrons. The Morgan fingerprint density at radius 2 is 1.90 bits per heavy atom. The van der Waals surface area contributed by atoms with Gasteiger partial charge in [0.15, 0.2) is 5.82 Å². The number of hydrogen-bond acceptors (Lipinski definition) is 4. The van der Waals surface area contributed by atoms with Crippen molar-refractivity contribution in [2.24, 2.45) is 0 Å². The summed E-state index contributed by atoms with van der Waals surface area (Å²) in [4.78, 5) is 0. The minimum Gasteiger partial charge on any atom is -0.399 e. The zero-order valence-electron chi connectivity index (χ0n) is 10.5. The van der Waals surface area contributed by atoms with E-state index in [0.717, 1.165) is 10.7 Å². The van der Waals surface area contributed by atoms with Crippen molar-refractivity contribution < 1.29 is 8.78 Å². The predicted octanol–water partition coefficient (Wildman–Crippen LogP) is 2.84. The Labute approximate surface area is 123 Å². The SMILES string of the molecule is Nc1ccc(F)c(-c2nnnn2-c2cc(F)ccc2Cl)c1. The number of nitrogens with two attached hydrogens (primary N) is 1. The number of nitrogens with zero attached hydrogens (tertiary/aromatic N) is 4. The molecular formula is C13H8ClF2N5. The summed E-state index contributed by atoms with van der Waals surface area (Å²) < 4.78 is 28.5. The van der Waals surface area contributed by atoms with Crippen LogP contribution in [0.25, 0.3) is 17.1 Å². The third-order valence-electron chi connectivity index (χ3n) is 2.84. The molecule has 0 spiro atoms. The summed E-state index contributed by atoms with van der Waals surface area (Å²) in [6.45, 7) is 0. The van der Waals surface area contributed by atoms with E-state index >= 15 is 0 Å². The third kappa shape index (κ3) is 2.43. The van der Waals surface area contributed by atoms with E-state index in [9.17, 15) is 8.78 Å². The quantitative estimate of drug-likeness (QED) is 0.739. The van der Waals surface area contributed by atoms with E-state index in [1.807, 2.05) is 0 Å². The van der Waals surface area contributed by atoms with Crippen molar-refractivity contribution in [3.8, 4) is 17.1 Å². The Balaban J connectivity index is 2.22. The molecule has 0 bridgehead atoms. The van der Waals surface area contributed by atoms with Crippen LogP contribution in [-0.4, -0.2) is 20.2 Å². The molecule has 2 aromatic carbocycles. The molecule has 5 nitrogen and oxygen atoms in total. The normalized spacial score (nSPS) is 10.8. The lowest BCUT2D eigenvalue weighted by Gasteiger charge is -2.08. The van der Waals surface area contributed by atoms with Crippen molar-refractivity contribution >= 4 is 17.3 Å². The molecule has 0 saturated carbocycles. The summed E-state index contributed by atoms with van der Waals surface area (Å²) in [5.74, 6) is -0.982. The van der Waals surface area contributed by atoms with Gasteiger partial charge in [-0.2, -0.15) is 4.68 Å². The number of halogens is 3. The highest BCUT2D eigenvalue weighted by Gasteiger charge is 2.17. The summed E-state index contributed by atoms with van der Waals surface area (Å²) in [6, 6.07) is 7.75. The van der Waals surface area contributed by atoms with E-state index < -0.39 is 11.6 Å². The highest BCUT2D eigenvalue weighted by molar-refractivity contribution is 6.32. The molecule has 1 heterocycles. The molecule has 0 unspecified atom stereocenters. The summed E-state index contributed by atoms with van der Waals surface area (Å²) in [6.07, 6.45) is 0. The lowest BCUT2D eigenvalue weighted by molar-refractivity contribution is 0.624. The topological polar surface area (TPSA) is 69.6 Å². The molecule has 0 amide bonds. The molecule has 3 aromatic rings. The van der Waals surface area contributed by atoms with Gasteiger partial charge in [0.1, 0.15) is 11.6 Å². The van der Waals surface area contributed by atoms with Gasteiger partial charge < -0.3 is 5.73 Å². The van der Waals surface area contributed by atoms with Gasteiger partial charge >= 0.3 is 0 Å². The zero-order chi connectivity index (χ0) is 15.0. The minimum atomic E-state index is -0.548. The van der Waals surface area contributed by atoms with Crippen LogP contribution in [0.4, 0.5) is 14.5 Å². The number of anilines is 1. The molecule has 0 radical (unpaired) electrons. The van der Waals surface area contributed by atoms with E-state index in [2.05, 4.69) is 15.5 Å². The van der Waals surface area contributed by atoms with E-state index in [4.69, 9.17) is 17.3 Å². The second kappa shape index (κ2) is 5.10. The lowest BCUT2D eigenvalue weighted by atomic mass is 10.1. The first-order chi connectivity index (χ1) is 10.1.